The van der Waals surface area contributed by atoms with Crippen molar-refractivity contribution in [3.8, 4) is 11.3 Å². The lowest BCUT2D eigenvalue weighted by Gasteiger charge is -2.09. The highest BCUT2D eigenvalue weighted by molar-refractivity contribution is 6.42. The maximum atomic E-state index is 12.4. The molecule has 0 spiro atoms. The van der Waals surface area contributed by atoms with Gasteiger partial charge in [0, 0.05) is 34.6 Å². The first-order valence-corrected chi connectivity index (χ1v) is 10.8. The Hall–Kier alpha value is -3.12. The molecule has 5 nitrogen and oxygen atoms in total. The van der Waals surface area contributed by atoms with Crippen molar-refractivity contribution in [1.82, 2.24) is 15.3 Å². The first-order valence-electron chi connectivity index (χ1n) is 9.66. The Kier molecular flexibility index (Phi) is 6.90. The first-order chi connectivity index (χ1) is 15.5. The summed E-state index contributed by atoms with van der Waals surface area (Å²) in [6.07, 6.45) is 1.68. The van der Waals surface area contributed by atoms with Crippen LogP contribution in [0.25, 0.3) is 11.3 Å². The molecule has 2 N–H and O–H groups in total. The molecule has 8 heteroatoms. The van der Waals surface area contributed by atoms with E-state index in [2.05, 4.69) is 20.6 Å². The van der Waals surface area contributed by atoms with Crippen LogP contribution in [0.2, 0.25) is 15.1 Å². The standard InChI is InChI=1S/C24H17Cl3N4O/c25-18-6-2-16(3-7-18)22-11-12-28-24(31-22)30-19-8-4-17(5-9-19)23(32)29-14-15-1-10-20(26)21(27)13-15/h1-13H,14H2,(H,29,32)(H,28,30,31). The van der Waals surface area contributed by atoms with Crippen LogP contribution in [-0.4, -0.2) is 15.9 Å². The first kappa shape index (κ1) is 22.1. The topological polar surface area (TPSA) is 66.9 Å². The molecule has 3 aromatic carbocycles. The van der Waals surface area contributed by atoms with Crippen molar-refractivity contribution >= 4 is 52.3 Å². The third-order valence-electron chi connectivity index (χ3n) is 4.64. The zero-order valence-electron chi connectivity index (χ0n) is 16.6. The number of halogens is 3. The van der Waals surface area contributed by atoms with Crippen molar-refractivity contribution < 1.29 is 4.79 Å². The zero-order chi connectivity index (χ0) is 22.5. The maximum absolute atomic E-state index is 12.4. The predicted molar refractivity (Wildman–Crippen MR) is 130 cm³/mol. The van der Waals surface area contributed by atoms with Gasteiger partial charge in [-0.3, -0.25) is 4.79 Å². The van der Waals surface area contributed by atoms with Crippen LogP contribution < -0.4 is 10.6 Å². The number of nitrogens with one attached hydrogen (secondary N) is 2. The van der Waals surface area contributed by atoms with Crippen LogP contribution in [0.4, 0.5) is 11.6 Å². The Balaban J connectivity index is 1.39. The van der Waals surface area contributed by atoms with Gasteiger partial charge in [-0.25, -0.2) is 9.97 Å². The molecule has 0 saturated heterocycles. The van der Waals surface area contributed by atoms with E-state index in [1.807, 2.05) is 36.4 Å². The molecule has 4 rings (SSSR count). The molecule has 0 bridgehead atoms. The van der Waals surface area contributed by atoms with Gasteiger partial charge < -0.3 is 10.6 Å². The van der Waals surface area contributed by atoms with Gasteiger partial charge in [0.1, 0.15) is 0 Å². The predicted octanol–water partition coefficient (Wildman–Crippen LogP) is 6.78. The molecule has 0 saturated carbocycles. The van der Waals surface area contributed by atoms with Gasteiger partial charge in [-0.15, -0.1) is 0 Å². The Morgan fingerprint density at radius 1 is 0.844 bits per heavy atom. The average Bonchev–Trinajstić information content (AvgIpc) is 2.81. The van der Waals surface area contributed by atoms with E-state index in [9.17, 15) is 4.79 Å². The van der Waals surface area contributed by atoms with E-state index in [1.165, 1.54) is 0 Å². The van der Waals surface area contributed by atoms with Crippen LogP contribution in [0, 0.1) is 0 Å². The normalized spacial score (nSPS) is 10.6. The lowest BCUT2D eigenvalue weighted by Crippen LogP contribution is -2.22. The molecule has 0 unspecified atom stereocenters. The van der Waals surface area contributed by atoms with Gasteiger partial charge in [0.15, 0.2) is 0 Å². The number of carbonyl (C=O) groups excluding carboxylic acids is 1. The fourth-order valence-corrected chi connectivity index (χ4v) is 3.42. The quantitative estimate of drug-likeness (QED) is 0.317. The van der Waals surface area contributed by atoms with E-state index in [0.717, 1.165) is 22.5 Å². The number of carbonyl (C=O) groups is 1. The summed E-state index contributed by atoms with van der Waals surface area (Å²) in [5.74, 6) is 0.262. The Morgan fingerprint density at radius 3 is 2.31 bits per heavy atom. The van der Waals surface area contributed by atoms with Crippen molar-refractivity contribution in [3.05, 3.63) is 105 Å². The highest BCUT2D eigenvalue weighted by Gasteiger charge is 2.08. The maximum Gasteiger partial charge on any atom is 0.251 e. The third kappa shape index (κ3) is 5.56. The summed E-state index contributed by atoms with van der Waals surface area (Å²) in [6, 6.07) is 21.6. The second-order valence-electron chi connectivity index (χ2n) is 6.91. The molecule has 1 aromatic heterocycles. The van der Waals surface area contributed by atoms with Crippen molar-refractivity contribution in [1.29, 1.82) is 0 Å². The molecular weight excluding hydrogens is 467 g/mol. The zero-order valence-corrected chi connectivity index (χ0v) is 18.9. The minimum atomic E-state index is -0.191. The van der Waals surface area contributed by atoms with Gasteiger partial charge in [0.2, 0.25) is 5.95 Å². The summed E-state index contributed by atoms with van der Waals surface area (Å²) in [7, 11) is 0. The summed E-state index contributed by atoms with van der Waals surface area (Å²) in [4.78, 5) is 21.2. The monoisotopic (exact) mass is 482 g/mol. The third-order valence-corrected chi connectivity index (χ3v) is 5.63. The van der Waals surface area contributed by atoms with Gasteiger partial charge in [-0.05, 0) is 60.2 Å². The molecule has 0 atom stereocenters. The summed E-state index contributed by atoms with van der Waals surface area (Å²) >= 11 is 17.9. The molecule has 0 fully saturated rings. The number of hydrogen-bond donors (Lipinski definition) is 2. The van der Waals surface area contributed by atoms with Crippen LogP contribution in [-0.2, 0) is 6.54 Å². The fourth-order valence-electron chi connectivity index (χ4n) is 2.97. The van der Waals surface area contributed by atoms with Crippen molar-refractivity contribution in [3.63, 3.8) is 0 Å². The van der Waals surface area contributed by atoms with E-state index in [-0.39, 0.29) is 5.91 Å². The molecule has 0 radical (unpaired) electrons. The van der Waals surface area contributed by atoms with Crippen LogP contribution in [0.5, 0.6) is 0 Å². The second-order valence-corrected chi connectivity index (χ2v) is 8.16. The highest BCUT2D eigenvalue weighted by Crippen LogP contribution is 2.23. The average molecular weight is 484 g/mol. The smallest absolute Gasteiger partial charge is 0.251 e. The number of amides is 1. The molecule has 0 aliphatic heterocycles. The van der Waals surface area contributed by atoms with E-state index < -0.39 is 0 Å². The number of aromatic nitrogens is 2. The number of hydrogen-bond acceptors (Lipinski definition) is 4. The van der Waals surface area contributed by atoms with E-state index in [0.29, 0.717) is 33.1 Å². The fraction of sp³-hybridized carbons (Fsp3) is 0.0417. The minimum absolute atomic E-state index is 0.191. The minimum Gasteiger partial charge on any atom is -0.348 e. The number of benzene rings is 3. The van der Waals surface area contributed by atoms with Gasteiger partial charge >= 0.3 is 0 Å². The number of rotatable bonds is 6. The van der Waals surface area contributed by atoms with Crippen molar-refractivity contribution in [2.45, 2.75) is 6.54 Å². The molecule has 32 heavy (non-hydrogen) atoms. The lowest BCUT2D eigenvalue weighted by atomic mass is 10.1. The summed E-state index contributed by atoms with van der Waals surface area (Å²) in [6.45, 7) is 0.348. The van der Waals surface area contributed by atoms with E-state index in [1.54, 1.807) is 42.6 Å². The summed E-state index contributed by atoms with van der Waals surface area (Å²) < 4.78 is 0. The molecule has 1 heterocycles. The number of nitrogens with zero attached hydrogens (tertiary/aromatic N) is 2. The van der Waals surface area contributed by atoms with Gasteiger partial charge in [0.05, 0.1) is 15.7 Å². The largest absolute Gasteiger partial charge is 0.348 e. The Bertz CT molecular complexity index is 1250. The molecule has 1 amide bonds. The van der Waals surface area contributed by atoms with Crippen LogP contribution in [0.3, 0.4) is 0 Å². The van der Waals surface area contributed by atoms with E-state index in [4.69, 9.17) is 34.8 Å². The molecule has 160 valence electrons. The molecule has 4 aromatic rings. The number of anilines is 2. The molecule has 0 aliphatic rings. The molecular formula is C24H17Cl3N4O. The van der Waals surface area contributed by atoms with Gasteiger partial charge in [-0.2, -0.15) is 0 Å². The lowest BCUT2D eigenvalue weighted by molar-refractivity contribution is 0.0951. The SMILES string of the molecule is O=C(NCc1ccc(Cl)c(Cl)c1)c1ccc(Nc2nccc(-c3ccc(Cl)cc3)n2)cc1. The van der Waals surface area contributed by atoms with Crippen molar-refractivity contribution in [2.75, 3.05) is 5.32 Å². The van der Waals surface area contributed by atoms with E-state index >= 15 is 0 Å². The Morgan fingerprint density at radius 2 is 1.59 bits per heavy atom. The second kappa shape index (κ2) is 10.0. The highest BCUT2D eigenvalue weighted by atomic mass is 35.5. The van der Waals surface area contributed by atoms with Crippen LogP contribution >= 0.6 is 34.8 Å². The molecule has 0 aliphatic carbocycles. The van der Waals surface area contributed by atoms with Gasteiger partial charge in [-0.1, -0.05) is 53.0 Å². The van der Waals surface area contributed by atoms with Crippen molar-refractivity contribution in [2.24, 2.45) is 0 Å². The van der Waals surface area contributed by atoms with Crippen LogP contribution in [0.15, 0.2) is 79.0 Å². The Labute approximate surface area is 200 Å². The summed E-state index contributed by atoms with van der Waals surface area (Å²) in [5.41, 5.74) is 3.88. The van der Waals surface area contributed by atoms with Crippen LogP contribution in [0.1, 0.15) is 15.9 Å². The van der Waals surface area contributed by atoms with Gasteiger partial charge in [0.25, 0.3) is 5.91 Å². The summed E-state index contributed by atoms with van der Waals surface area (Å²) in [5, 5.41) is 7.62.